The Morgan fingerprint density at radius 2 is 1.00 bits per heavy atom. The largest absolute Gasteiger partial charge is 0.508 e. The van der Waals surface area contributed by atoms with Crippen molar-refractivity contribution < 1.29 is 89.7 Å². The highest BCUT2D eigenvalue weighted by atomic mass is 35.5. The summed E-state index contributed by atoms with van der Waals surface area (Å²) in [5.74, 6) is 0.344. The van der Waals surface area contributed by atoms with E-state index in [0.29, 0.717) is 53.1 Å². The van der Waals surface area contributed by atoms with Crippen LogP contribution in [-0.4, -0.2) is 166 Å². The summed E-state index contributed by atoms with van der Waals surface area (Å²) in [4.78, 5) is 1.01. The number of rotatable bonds is 14. The molecule has 3 saturated heterocycles. The van der Waals surface area contributed by atoms with Crippen LogP contribution in [0.4, 0.5) is 4.39 Å². The summed E-state index contributed by atoms with van der Waals surface area (Å²) in [7, 11) is 0. The molecular weight excluding hydrogens is 1140 g/mol. The van der Waals surface area contributed by atoms with Crippen molar-refractivity contribution in [3.63, 3.8) is 0 Å². The lowest BCUT2D eigenvalue weighted by molar-refractivity contribution is -0.232. The molecule has 13 N–H and O–H groups in total. The van der Waals surface area contributed by atoms with Crippen molar-refractivity contribution in [1.29, 1.82) is 0 Å². The minimum absolute atomic E-state index is 0.0854. The summed E-state index contributed by atoms with van der Waals surface area (Å²) in [6.45, 7) is 1.05. The highest BCUT2D eigenvalue weighted by Gasteiger charge is 2.47. The quantitative estimate of drug-likeness (QED) is 0.0631. The Morgan fingerprint density at radius 1 is 0.482 bits per heavy atom. The number of aliphatic hydroxyl groups excluding tert-OH is 12. The molecule has 5 aliphatic rings. The molecule has 0 saturated carbocycles. The van der Waals surface area contributed by atoms with E-state index in [1.165, 1.54) is 18.2 Å². The Bertz CT molecular complexity index is 3350. The Labute approximate surface area is 499 Å². The summed E-state index contributed by atoms with van der Waals surface area (Å²) in [6.07, 6.45) is -17.1. The fraction of sp³-hybridized carbons (Fsp3) is 0.354. The van der Waals surface area contributed by atoms with Crippen molar-refractivity contribution in [2.75, 3.05) is 26.4 Å². The molecule has 0 bridgehead atoms. The zero-order valence-electron chi connectivity index (χ0n) is 46.2. The monoisotopic (exact) mass is 1210 g/mol. The smallest absolute Gasteiger partial charge is 0.126 e. The molecule has 0 amide bonds. The third kappa shape index (κ3) is 14.7. The molecule has 0 radical (unpaired) electrons. The molecule has 0 unspecified atom stereocenters. The Hall–Kier alpha value is -6.02. The number of phenols is 1. The SMILES string of the molecule is CCOc1ccc(Cc2cc([C@@H]3O[C@H](CO)[C@@H](O)[C@H](O)[C@H]3O)ccc2Cl)cc1.OC[C@H]1O[C@@H](c2cc(Cc3cc4cccccc-4c3)ccc2O)[C@H](O)[C@@H](O)[C@@H]1O.OC[C@H]1O[C@@H](c2ccc(F)c(Cc3cc4ccccc4s3)c2)[C@H](O)[C@@H](O)[C@@H]1O. The Balaban J connectivity index is 0.000000153. The van der Waals surface area contributed by atoms with Gasteiger partial charge in [-0.2, -0.15) is 0 Å². The number of phenolic OH excluding ortho intramolecular Hbond substituents is 1. The molecule has 15 atom stereocenters. The maximum atomic E-state index is 14.4. The van der Waals surface area contributed by atoms with Crippen molar-refractivity contribution in [3.05, 3.63) is 212 Å². The van der Waals surface area contributed by atoms with Crippen molar-refractivity contribution in [1.82, 2.24) is 0 Å². The van der Waals surface area contributed by atoms with Crippen LogP contribution in [0, 0.1) is 5.82 Å². The first-order valence-electron chi connectivity index (χ1n) is 27.9. The van der Waals surface area contributed by atoms with E-state index < -0.39 is 111 Å². The fourth-order valence-electron chi connectivity index (χ4n) is 10.9. The summed E-state index contributed by atoms with van der Waals surface area (Å²) in [5.41, 5.74) is 8.00. The molecule has 4 heterocycles. The molecule has 17 nitrogen and oxygen atoms in total. The number of halogens is 2. The number of hydrogen-bond acceptors (Lipinski definition) is 18. The number of ether oxygens (including phenoxy) is 4. The van der Waals surface area contributed by atoms with Gasteiger partial charge in [0.1, 0.15) is 109 Å². The van der Waals surface area contributed by atoms with E-state index in [-0.39, 0.29) is 11.6 Å². The molecule has 20 heteroatoms. The van der Waals surface area contributed by atoms with Crippen LogP contribution in [0.5, 0.6) is 11.5 Å². The van der Waals surface area contributed by atoms with Gasteiger partial charge in [-0.15, -0.1) is 11.3 Å². The predicted octanol–water partition coefficient (Wildman–Crippen LogP) is 5.59. The molecule has 3 aliphatic heterocycles. The molecule has 2 aliphatic carbocycles. The molecule has 452 valence electrons. The number of aromatic hydroxyl groups is 1. The summed E-state index contributed by atoms with van der Waals surface area (Å²) >= 11 is 7.95. The van der Waals surface area contributed by atoms with Crippen molar-refractivity contribution in [2.24, 2.45) is 0 Å². The second-order valence-electron chi connectivity index (χ2n) is 21.4. The van der Waals surface area contributed by atoms with Gasteiger partial charge in [0.15, 0.2) is 0 Å². The van der Waals surface area contributed by atoms with Gasteiger partial charge < -0.3 is 85.3 Å². The minimum atomic E-state index is -1.49. The third-order valence-electron chi connectivity index (χ3n) is 15.5. The van der Waals surface area contributed by atoms with E-state index in [9.17, 15) is 70.8 Å². The molecule has 5 aromatic carbocycles. The van der Waals surface area contributed by atoms with Crippen LogP contribution in [0.15, 0.2) is 152 Å². The normalized spacial score (nSPS) is 27.6. The van der Waals surface area contributed by atoms with E-state index >= 15 is 0 Å². The average Bonchev–Trinajstić information content (AvgIpc) is 3.94. The van der Waals surface area contributed by atoms with Gasteiger partial charge in [0.25, 0.3) is 0 Å². The standard InChI is InChI=1S/C23H24O6.C21H25ClO6.C21H21FO5S/c24-12-19-20(26)21(27)22(28)23(29-19)17-11-13(6-7-18(17)25)8-14-9-15-4-2-1-3-5-16(15)10-14;1-2-27-15-6-3-12(4-7-15)9-14-10-13(5-8-16(14)22)21-20(26)19(25)18(24)17(11-23)28-21;22-15-6-5-12(21-20(26)19(25)18(24)16(10-23)27-21)7-13(15)9-14-8-11-3-1-2-4-17(11)28-14/h1-7,9-11,19-28H,8,12H2;3-8,10,17-21,23-26H,2,9,11H2,1H3;1-8,16,18-21,23-26H,9-10H2/t19-,20-,21+,22-,23+;17-,18-,19+,20-,21+;16-,18-,19+,20-,21+/m111/s1. The van der Waals surface area contributed by atoms with Crippen molar-refractivity contribution in [3.8, 4) is 22.6 Å². The van der Waals surface area contributed by atoms with Crippen LogP contribution in [0.3, 0.4) is 0 Å². The van der Waals surface area contributed by atoms with E-state index in [4.69, 9.17) is 30.5 Å². The highest BCUT2D eigenvalue weighted by Crippen LogP contribution is 2.40. The Morgan fingerprint density at radius 3 is 1.56 bits per heavy atom. The first-order valence-corrected chi connectivity index (χ1v) is 29.1. The van der Waals surface area contributed by atoms with Gasteiger partial charge in [-0.1, -0.05) is 109 Å². The van der Waals surface area contributed by atoms with Gasteiger partial charge >= 0.3 is 0 Å². The molecule has 1 aromatic heterocycles. The fourth-order valence-corrected chi connectivity index (χ4v) is 12.2. The van der Waals surface area contributed by atoms with Crippen LogP contribution in [-0.2, 0) is 33.5 Å². The number of hydrogen-bond donors (Lipinski definition) is 13. The second kappa shape index (κ2) is 28.7. The van der Waals surface area contributed by atoms with Crippen molar-refractivity contribution >= 4 is 33.0 Å². The van der Waals surface area contributed by atoms with Crippen LogP contribution in [0.25, 0.3) is 21.2 Å². The maximum Gasteiger partial charge on any atom is 0.126 e. The second-order valence-corrected chi connectivity index (χ2v) is 23.0. The van der Waals surface area contributed by atoms with Crippen LogP contribution in [0.1, 0.15) is 74.6 Å². The first kappa shape index (κ1) is 63.5. The number of aliphatic hydroxyl groups is 12. The van der Waals surface area contributed by atoms with Gasteiger partial charge in [0.05, 0.1) is 26.4 Å². The van der Waals surface area contributed by atoms with Crippen LogP contribution < -0.4 is 4.74 Å². The number of benzene rings is 5. The van der Waals surface area contributed by atoms with Gasteiger partial charge in [0.2, 0.25) is 0 Å². The Kier molecular flexibility index (Phi) is 21.4. The summed E-state index contributed by atoms with van der Waals surface area (Å²) in [6, 6.07) is 46.6. The van der Waals surface area contributed by atoms with E-state index in [1.54, 1.807) is 41.7 Å². The van der Waals surface area contributed by atoms with E-state index in [1.807, 2.05) is 85.8 Å². The first-order chi connectivity index (χ1) is 40.9. The third-order valence-corrected chi connectivity index (χ3v) is 17.0. The topological polar surface area (TPSA) is 300 Å². The lowest BCUT2D eigenvalue weighted by atomic mass is 9.89. The molecule has 85 heavy (non-hydrogen) atoms. The van der Waals surface area contributed by atoms with Gasteiger partial charge in [0, 0.05) is 26.6 Å². The van der Waals surface area contributed by atoms with Crippen LogP contribution >= 0.6 is 22.9 Å². The molecule has 3 fully saturated rings. The highest BCUT2D eigenvalue weighted by molar-refractivity contribution is 7.19. The lowest BCUT2D eigenvalue weighted by Crippen LogP contribution is -2.55. The van der Waals surface area contributed by atoms with Crippen LogP contribution in [0.2, 0.25) is 5.02 Å². The zero-order chi connectivity index (χ0) is 60.6. The van der Waals surface area contributed by atoms with E-state index in [0.717, 1.165) is 54.1 Å². The summed E-state index contributed by atoms with van der Waals surface area (Å²) in [5, 5.41) is 131. The molecule has 11 rings (SSSR count). The molecular formula is C65H70ClFO17S. The van der Waals surface area contributed by atoms with Gasteiger partial charge in [-0.05, 0) is 130 Å². The van der Waals surface area contributed by atoms with Gasteiger partial charge in [-0.25, -0.2) is 4.39 Å². The number of fused-ring (bicyclic) bond motifs is 2. The minimum Gasteiger partial charge on any atom is -0.508 e. The average molecular weight is 1210 g/mol. The lowest BCUT2D eigenvalue weighted by Gasteiger charge is -2.40. The zero-order valence-corrected chi connectivity index (χ0v) is 47.7. The molecule has 6 aromatic rings. The van der Waals surface area contributed by atoms with Gasteiger partial charge in [-0.3, -0.25) is 0 Å². The summed E-state index contributed by atoms with van der Waals surface area (Å²) < 4.78 is 37.8. The number of thiophene rings is 1. The predicted molar refractivity (Wildman–Crippen MR) is 315 cm³/mol. The van der Waals surface area contributed by atoms with E-state index in [2.05, 4.69) is 24.3 Å². The molecule has 0 spiro atoms. The maximum absolute atomic E-state index is 14.4. The van der Waals surface area contributed by atoms with Crippen molar-refractivity contribution in [2.45, 2.75) is 118 Å².